The van der Waals surface area contributed by atoms with Crippen LogP contribution >= 0.6 is 0 Å². The summed E-state index contributed by atoms with van der Waals surface area (Å²) >= 11 is 0. The van der Waals surface area contributed by atoms with Gasteiger partial charge in [0.1, 0.15) is 5.94 Å². The lowest BCUT2D eigenvalue weighted by Crippen LogP contribution is -2.50. The van der Waals surface area contributed by atoms with Gasteiger partial charge in [0.25, 0.3) is 0 Å². The maximum atomic E-state index is 11.7. The van der Waals surface area contributed by atoms with E-state index in [1.54, 1.807) is 0 Å². The van der Waals surface area contributed by atoms with Gasteiger partial charge in [0.15, 0.2) is 0 Å². The summed E-state index contributed by atoms with van der Waals surface area (Å²) in [6.45, 7) is 4.66. The number of carbonyl (C=O) groups excluding carboxylic acids is 1. The van der Waals surface area contributed by atoms with Crippen molar-refractivity contribution in [3.8, 4) is 0 Å². The van der Waals surface area contributed by atoms with Crippen molar-refractivity contribution in [1.29, 1.82) is 0 Å². The summed E-state index contributed by atoms with van der Waals surface area (Å²) in [4.78, 5) is 22.8. The van der Waals surface area contributed by atoms with Crippen LogP contribution in [0.15, 0.2) is 17.2 Å². The fraction of sp³-hybridized carbons (Fsp3) is 0.762. The minimum atomic E-state index is -0.584. The van der Waals surface area contributed by atoms with E-state index in [1.807, 2.05) is 0 Å². The number of carboxylic acid groups (broad SMARTS) is 1. The first kappa shape index (κ1) is 16.1. The summed E-state index contributed by atoms with van der Waals surface area (Å²) in [7, 11) is 0. The highest BCUT2D eigenvalue weighted by Crippen LogP contribution is 2.66. The highest BCUT2D eigenvalue weighted by Gasteiger charge is 2.60. The number of hydrogen-bond donors (Lipinski definition) is 1. The molecule has 0 aromatic carbocycles. The first-order valence-corrected chi connectivity index (χ1v) is 9.58. The molecule has 4 aliphatic rings. The molecule has 6 atom stereocenters. The van der Waals surface area contributed by atoms with E-state index in [2.05, 4.69) is 25.9 Å². The summed E-state index contributed by atoms with van der Waals surface area (Å²) in [6.07, 6.45) is 10.4. The molecule has 0 aliphatic heterocycles. The average Bonchev–Trinajstić information content (AvgIpc) is 2.91. The van der Waals surface area contributed by atoms with Gasteiger partial charge in [-0.05, 0) is 86.0 Å². The van der Waals surface area contributed by atoms with Gasteiger partial charge < -0.3 is 5.11 Å². The second-order valence-corrected chi connectivity index (χ2v) is 9.14. The Kier molecular flexibility index (Phi) is 3.58. The molecule has 4 aliphatic carbocycles. The van der Waals surface area contributed by atoms with Crippen molar-refractivity contribution in [2.45, 2.75) is 65.2 Å². The summed E-state index contributed by atoms with van der Waals surface area (Å²) in [5.41, 5.74) is 2.51. The molecule has 0 spiro atoms. The Morgan fingerprint density at radius 2 is 1.92 bits per heavy atom. The minimum absolute atomic E-state index is 0.00684. The van der Waals surface area contributed by atoms with E-state index < -0.39 is 5.97 Å². The van der Waals surface area contributed by atoms with Crippen LogP contribution in [0.2, 0.25) is 0 Å². The molecular weight excluding hydrogens is 300 g/mol. The second-order valence-electron chi connectivity index (χ2n) is 9.14. The van der Waals surface area contributed by atoms with E-state index in [1.165, 1.54) is 12.0 Å². The zero-order valence-corrected chi connectivity index (χ0v) is 14.8. The van der Waals surface area contributed by atoms with Crippen LogP contribution < -0.4 is 0 Å². The largest absolute Gasteiger partial charge is 0.481 e. The number of allylic oxidation sites excluding steroid dienone is 3. The summed E-state index contributed by atoms with van der Waals surface area (Å²) in [5.74, 6) is 3.28. The fourth-order valence-electron chi connectivity index (χ4n) is 7.07. The zero-order chi connectivity index (χ0) is 17.1. The van der Waals surface area contributed by atoms with Crippen molar-refractivity contribution in [3.05, 3.63) is 17.2 Å². The monoisotopic (exact) mass is 328 g/mol. The van der Waals surface area contributed by atoms with Gasteiger partial charge in [-0.15, -0.1) is 0 Å². The minimum Gasteiger partial charge on any atom is -0.481 e. The number of aliphatic carboxylic acids is 1. The molecule has 0 bridgehead atoms. The number of carboxylic acids is 1. The van der Waals surface area contributed by atoms with Crippen LogP contribution in [0.1, 0.15) is 65.2 Å². The van der Waals surface area contributed by atoms with Gasteiger partial charge in [-0.3, -0.25) is 4.79 Å². The molecule has 3 saturated carbocycles. The Balaban J connectivity index is 1.67. The standard InChI is InChI=1S/C21H28O3/c1-20-9-7-13(12-22)11-14(20)3-4-15-16-5-6-18(19(23)24)21(16,2)10-8-17(15)20/h11,15-18H,3-10H2,1-2H3,(H,23,24)/t15-,16-,17-,18?,20-,21-/m0/s1. The van der Waals surface area contributed by atoms with Gasteiger partial charge in [-0.2, -0.15) is 0 Å². The third-order valence-corrected chi connectivity index (χ3v) is 8.43. The Bertz CT molecular complexity index is 656. The molecule has 3 heteroatoms. The molecule has 3 fully saturated rings. The lowest BCUT2D eigenvalue weighted by atomic mass is 9.47. The van der Waals surface area contributed by atoms with Gasteiger partial charge in [0, 0.05) is 5.57 Å². The molecule has 0 aromatic rings. The Hall–Kier alpha value is -1.34. The lowest BCUT2D eigenvalue weighted by Gasteiger charge is -2.58. The first-order chi connectivity index (χ1) is 11.4. The quantitative estimate of drug-likeness (QED) is 0.726. The molecule has 24 heavy (non-hydrogen) atoms. The van der Waals surface area contributed by atoms with Crippen LogP contribution in [0.5, 0.6) is 0 Å². The molecule has 0 saturated heterocycles. The maximum absolute atomic E-state index is 11.7. The van der Waals surface area contributed by atoms with Gasteiger partial charge in [-0.25, -0.2) is 4.79 Å². The SMILES string of the molecule is C[C@]12CCC(=C=O)C=C1CC[C@@H]1[C@@H]2CC[C@]2(C)C(C(=O)O)CC[C@@H]12. The summed E-state index contributed by atoms with van der Waals surface area (Å²) in [5, 5.41) is 9.66. The van der Waals surface area contributed by atoms with E-state index >= 15 is 0 Å². The van der Waals surface area contributed by atoms with Crippen molar-refractivity contribution in [3.63, 3.8) is 0 Å². The Labute approximate surface area is 144 Å². The summed E-state index contributed by atoms with van der Waals surface area (Å²) < 4.78 is 0. The Morgan fingerprint density at radius 3 is 2.62 bits per heavy atom. The molecule has 0 aromatic heterocycles. The van der Waals surface area contributed by atoms with Crippen LogP contribution in [0.3, 0.4) is 0 Å². The molecule has 0 heterocycles. The topological polar surface area (TPSA) is 54.4 Å². The van der Waals surface area contributed by atoms with E-state index in [-0.39, 0.29) is 16.7 Å². The molecule has 1 unspecified atom stereocenters. The molecule has 0 amide bonds. The van der Waals surface area contributed by atoms with E-state index in [4.69, 9.17) is 0 Å². The van der Waals surface area contributed by atoms with E-state index in [0.29, 0.717) is 17.8 Å². The number of fused-ring (bicyclic) bond motifs is 5. The normalized spacial score (nSPS) is 47.1. The number of hydrogen-bond acceptors (Lipinski definition) is 2. The van der Waals surface area contributed by atoms with E-state index in [0.717, 1.165) is 50.5 Å². The summed E-state index contributed by atoms with van der Waals surface area (Å²) in [6, 6.07) is 0. The zero-order valence-electron chi connectivity index (χ0n) is 14.8. The van der Waals surface area contributed by atoms with Crippen LogP contribution in [-0.4, -0.2) is 17.0 Å². The van der Waals surface area contributed by atoms with Gasteiger partial charge in [-0.1, -0.05) is 19.4 Å². The third kappa shape index (κ3) is 2.03. The van der Waals surface area contributed by atoms with Crippen molar-refractivity contribution < 1.29 is 14.7 Å². The van der Waals surface area contributed by atoms with Crippen molar-refractivity contribution in [2.24, 2.45) is 34.5 Å². The van der Waals surface area contributed by atoms with Crippen molar-refractivity contribution in [1.82, 2.24) is 0 Å². The Morgan fingerprint density at radius 1 is 1.12 bits per heavy atom. The van der Waals surface area contributed by atoms with Crippen LogP contribution in [0, 0.1) is 34.5 Å². The molecule has 130 valence electrons. The first-order valence-electron chi connectivity index (χ1n) is 9.58. The van der Waals surface area contributed by atoms with E-state index in [9.17, 15) is 14.7 Å². The lowest BCUT2D eigenvalue weighted by molar-refractivity contribution is -0.149. The van der Waals surface area contributed by atoms with Crippen LogP contribution in [0.25, 0.3) is 0 Å². The predicted octanol–water partition coefficient (Wildman–Crippen LogP) is 4.41. The van der Waals surface area contributed by atoms with Crippen molar-refractivity contribution in [2.75, 3.05) is 0 Å². The predicted molar refractivity (Wildman–Crippen MR) is 92.0 cm³/mol. The van der Waals surface area contributed by atoms with Crippen molar-refractivity contribution >= 4 is 11.9 Å². The molecular formula is C21H28O3. The molecule has 4 rings (SSSR count). The van der Waals surface area contributed by atoms with Crippen LogP contribution in [0.4, 0.5) is 0 Å². The van der Waals surface area contributed by atoms with Gasteiger partial charge in [0.05, 0.1) is 5.92 Å². The highest BCUT2D eigenvalue weighted by atomic mass is 16.4. The fourth-order valence-corrected chi connectivity index (χ4v) is 7.07. The van der Waals surface area contributed by atoms with Gasteiger partial charge >= 0.3 is 5.97 Å². The second kappa shape index (κ2) is 5.33. The maximum Gasteiger partial charge on any atom is 0.307 e. The number of carbonyl (C=O) groups is 1. The average molecular weight is 328 g/mol. The smallest absolute Gasteiger partial charge is 0.307 e. The molecule has 0 radical (unpaired) electrons. The molecule has 3 nitrogen and oxygen atoms in total. The molecule has 1 N–H and O–H groups in total. The third-order valence-electron chi connectivity index (χ3n) is 8.43. The van der Waals surface area contributed by atoms with Crippen LogP contribution in [-0.2, 0) is 9.59 Å². The number of rotatable bonds is 1. The van der Waals surface area contributed by atoms with Gasteiger partial charge in [0.2, 0.25) is 0 Å². The highest BCUT2D eigenvalue weighted by molar-refractivity contribution is 5.71.